The normalized spacial score (nSPS) is 9.50. The van der Waals surface area contributed by atoms with Crippen molar-refractivity contribution >= 4 is 23.2 Å². The minimum Gasteiger partial charge on any atom is -0.445 e. The molecule has 112 valence electrons. The van der Waals surface area contributed by atoms with Crippen LogP contribution in [0.3, 0.4) is 0 Å². The number of benzene rings is 1. The standard InChI is InChI=1S/C17H15NO3S/c1-13(19)16-10-15(12-22-16)8-5-9-18-17(20)21-11-14-6-3-2-4-7-14/h2-4,6-7,10,12H,9,11H2,1H3,(H,18,20). The molecule has 0 unspecified atom stereocenters. The fourth-order valence-corrected chi connectivity index (χ4v) is 2.37. The predicted molar refractivity (Wildman–Crippen MR) is 85.8 cm³/mol. The maximum atomic E-state index is 11.5. The number of ether oxygens (including phenoxy) is 1. The van der Waals surface area contributed by atoms with E-state index in [4.69, 9.17) is 4.74 Å². The van der Waals surface area contributed by atoms with E-state index in [0.717, 1.165) is 11.1 Å². The summed E-state index contributed by atoms with van der Waals surface area (Å²) in [5, 5.41) is 4.37. The lowest BCUT2D eigenvalue weighted by Gasteiger charge is -2.04. The number of Topliss-reactive ketones (excluding diaryl/α,β-unsaturated/α-hetero) is 1. The molecule has 1 heterocycles. The number of carbonyl (C=O) groups excluding carboxylic acids is 2. The number of ketones is 1. The van der Waals surface area contributed by atoms with Gasteiger partial charge in [-0.2, -0.15) is 0 Å². The number of carbonyl (C=O) groups is 2. The van der Waals surface area contributed by atoms with Crippen LogP contribution in [0.15, 0.2) is 41.8 Å². The Morgan fingerprint density at radius 2 is 2.05 bits per heavy atom. The van der Waals surface area contributed by atoms with Gasteiger partial charge in [0.1, 0.15) is 6.61 Å². The van der Waals surface area contributed by atoms with Crippen molar-refractivity contribution < 1.29 is 14.3 Å². The van der Waals surface area contributed by atoms with E-state index in [9.17, 15) is 9.59 Å². The van der Waals surface area contributed by atoms with E-state index in [-0.39, 0.29) is 18.9 Å². The molecular weight excluding hydrogens is 298 g/mol. The molecule has 4 nitrogen and oxygen atoms in total. The summed E-state index contributed by atoms with van der Waals surface area (Å²) in [4.78, 5) is 23.3. The van der Waals surface area contributed by atoms with Crippen molar-refractivity contribution in [3.63, 3.8) is 0 Å². The molecule has 1 aromatic heterocycles. The van der Waals surface area contributed by atoms with Gasteiger partial charge < -0.3 is 10.1 Å². The molecule has 0 fully saturated rings. The SMILES string of the molecule is CC(=O)c1cc(C#CCNC(=O)OCc2ccccc2)cs1. The number of rotatable bonds is 4. The minimum atomic E-state index is -0.507. The Kier molecular flexibility index (Phi) is 5.75. The van der Waals surface area contributed by atoms with Crippen molar-refractivity contribution in [1.82, 2.24) is 5.32 Å². The molecule has 1 N–H and O–H groups in total. The number of thiophene rings is 1. The van der Waals surface area contributed by atoms with Crippen molar-refractivity contribution in [3.8, 4) is 11.8 Å². The molecule has 0 spiro atoms. The average Bonchev–Trinajstić information content (AvgIpc) is 3.00. The minimum absolute atomic E-state index is 0.0284. The predicted octanol–water partition coefficient (Wildman–Crippen LogP) is 3.23. The summed E-state index contributed by atoms with van der Waals surface area (Å²) in [6.45, 7) is 1.94. The highest BCUT2D eigenvalue weighted by molar-refractivity contribution is 7.12. The third-order valence-electron chi connectivity index (χ3n) is 2.71. The molecule has 5 heteroatoms. The van der Waals surface area contributed by atoms with Gasteiger partial charge in [-0.05, 0) is 18.6 Å². The Labute approximate surface area is 133 Å². The lowest BCUT2D eigenvalue weighted by atomic mass is 10.2. The number of amides is 1. The molecule has 0 saturated heterocycles. The fraction of sp³-hybridized carbons (Fsp3) is 0.176. The summed E-state index contributed by atoms with van der Waals surface area (Å²) in [7, 11) is 0. The van der Waals surface area contributed by atoms with Crippen LogP contribution < -0.4 is 5.32 Å². The maximum absolute atomic E-state index is 11.5. The first-order valence-corrected chi connectivity index (χ1v) is 7.56. The van der Waals surface area contributed by atoms with Crippen LogP contribution in [0, 0.1) is 11.8 Å². The highest BCUT2D eigenvalue weighted by atomic mass is 32.1. The zero-order chi connectivity index (χ0) is 15.8. The van der Waals surface area contributed by atoms with E-state index in [1.165, 1.54) is 18.3 Å². The third kappa shape index (κ3) is 5.08. The quantitative estimate of drug-likeness (QED) is 0.696. The van der Waals surface area contributed by atoms with Crippen LogP contribution in [-0.2, 0) is 11.3 Å². The van der Waals surface area contributed by atoms with Crippen LogP contribution in [0.2, 0.25) is 0 Å². The van der Waals surface area contributed by atoms with Crippen molar-refractivity contribution in [2.24, 2.45) is 0 Å². The van der Waals surface area contributed by atoms with Crippen molar-refractivity contribution in [2.75, 3.05) is 6.54 Å². The van der Waals surface area contributed by atoms with Gasteiger partial charge in [0.25, 0.3) is 0 Å². The average molecular weight is 313 g/mol. The number of hydrogen-bond donors (Lipinski definition) is 1. The molecule has 0 aliphatic carbocycles. The lowest BCUT2D eigenvalue weighted by molar-refractivity contribution is 0.102. The first-order chi connectivity index (χ1) is 10.6. The van der Waals surface area contributed by atoms with E-state index in [1.807, 2.05) is 35.7 Å². The molecule has 0 radical (unpaired) electrons. The monoisotopic (exact) mass is 313 g/mol. The van der Waals surface area contributed by atoms with Gasteiger partial charge in [0.15, 0.2) is 5.78 Å². The Bertz CT molecular complexity index is 710. The summed E-state index contributed by atoms with van der Waals surface area (Å²) in [6, 6.07) is 11.2. The molecule has 0 aliphatic rings. The van der Waals surface area contributed by atoms with Gasteiger partial charge in [-0.1, -0.05) is 42.2 Å². The lowest BCUT2D eigenvalue weighted by Crippen LogP contribution is -2.24. The van der Waals surface area contributed by atoms with Crippen LogP contribution in [-0.4, -0.2) is 18.4 Å². The first kappa shape index (κ1) is 15.8. The highest BCUT2D eigenvalue weighted by Gasteiger charge is 2.02. The van der Waals surface area contributed by atoms with Crippen LogP contribution >= 0.6 is 11.3 Å². The zero-order valence-electron chi connectivity index (χ0n) is 12.1. The van der Waals surface area contributed by atoms with Crippen molar-refractivity contribution in [1.29, 1.82) is 0 Å². The van der Waals surface area contributed by atoms with E-state index in [2.05, 4.69) is 17.2 Å². The Hall–Kier alpha value is -2.58. The molecule has 1 aromatic carbocycles. The number of hydrogen-bond acceptors (Lipinski definition) is 4. The molecule has 0 atom stereocenters. The molecule has 2 rings (SSSR count). The van der Waals surface area contributed by atoms with Crippen LogP contribution in [0.5, 0.6) is 0 Å². The van der Waals surface area contributed by atoms with E-state index in [1.54, 1.807) is 6.07 Å². The van der Waals surface area contributed by atoms with Gasteiger partial charge in [0.05, 0.1) is 11.4 Å². The van der Waals surface area contributed by atoms with Crippen LogP contribution in [0.4, 0.5) is 4.79 Å². The van der Waals surface area contributed by atoms with E-state index in [0.29, 0.717) is 4.88 Å². The molecule has 1 amide bonds. The number of nitrogens with one attached hydrogen (secondary N) is 1. The third-order valence-corrected chi connectivity index (χ3v) is 3.74. The Balaban J connectivity index is 1.73. The van der Waals surface area contributed by atoms with Gasteiger partial charge in [0.2, 0.25) is 0 Å². The molecular formula is C17H15NO3S. The van der Waals surface area contributed by atoms with E-state index >= 15 is 0 Å². The summed E-state index contributed by atoms with van der Waals surface area (Å²) < 4.78 is 5.06. The first-order valence-electron chi connectivity index (χ1n) is 6.68. The van der Waals surface area contributed by atoms with Gasteiger partial charge in [-0.25, -0.2) is 4.79 Å². The fourth-order valence-electron chi connectivity index (χ4n) is 1.62. The molecule has 0 bridgehead atoms. The Morgan fingerprint density at radius 1 is 1.27 bits per heavy atom. The highest BCUT2D eigenvalue weighted by Crippen LogP contribution is 2.13. The zero-order valence-corrected chi connectivity index (χ0v) is 12.9. The van der Waals surface area contributed by atoms with Crippen molar-refractivity contribution in [2.45, 2.75) is 13.5 Å². The second-order valence-corrected chi connectivity index (χ2v) is 5.38. The summed E-state index contributed by atoms with van der Waals surface area (Å²) >= 11 is 1.36. The van der Waals surface area contributed by atoms with Gasteiger partial charge >= 0.3 is 6.09 Å². The maximum Gasteiger partial charge on any atom is 0.408 e. The topological polar surface area (TPSA) is 55.4 Å². The smallest absolute Gasteiger partial charge is 0.408 e. The largest absolute Gasteiger partial charge is 0.445 e. The second kappa shape index (κ2) is 8.01. The van der Waals surface area contributed by atoms with E-state index < -0.39 is 6.09 Å². The Morgan fingerprint density at radius 3 is 2.73 bits per heavy atom. The molecule has 0 aliphatic heterocycles. The van der Waals surface area contributed by atoms with Gasteiger partial charge in [0, 0.05) is 10.9 Å². The van der Waals surface area contributed by atoms with Crippen LogP contribution in [0.1, 0.15) is 27.7 Å². The molecule has 2 aromatic rings. The molecule has 0 saturated carbocycles. The second-order valence-electron chi connectivity index (χ2n) is 4.47. The number of alkyl carbamates (subject to hydrolysis) is 1. The van der Waals surface area contributed by atoms with Gasteiger partial charge in [-0.3, -0.25) is 4.79 Å². The summed E-state index contributed by atoms with van der Waals surface area (Å²) in [6.07, 6.45) is -0.507. The summed E-state index contributed by atoms with van der Waals surface area (Å²) in [5.74, 6) is 5.73. The summed E-state index contributed by atoms with van der Waals surface area (Å²) in [5.41, 5.74) is 1.70. The molecule has 22 heavy (non-hydrogen) atoms. The van der Waals surface area contributed by atoms with Crippen LogP contribution in [0.25, 0.3) is 0 Å². The van der Waals surface area contributed by atoms with Crippen molar-refractivity contribution in [3.05, 3.63) is 57.8 Å². The van der Waals surface area contributed by atoms with Gasteiger partial charge in [-0.15, -0.1) is 11.3 Å².